The molecule has 6 heteroatoms. The number of carbonyl (C=O) groups excluding carboxylic acids is 2. The second-order valence-corrected chi connectivity index (χ2v) is 8.28. The fourth-order valence-corrected chi connectivity index (χ4v) is 3.80. The van der Waals surface area contributed by atoms with E-state index in [4.69, 9.17) is 12.2 Å². The van der Waals surface area contributed by atoms with Crippen LogP contribution in [0.2, 0.25) is 0 Å². The first-order chi connectivity index (χ1) is 14.4. The summed E-state index contributed by atoms with van der Waals surface area (Å²) in [4.78, 5) is 24.7. The highest BCUT2D eigenvalue weighted by atomic mass is 32.2. The van der Waals surface area contributed by atoms with Gasteiger partial charge in [0.05, 0.1) is 5.75 Å². The third-order valence-electron chi connectivity index (χ3n) is 4.38. The number of rotatable bonds is 7. The molecule has 0 unspecified atom stereocenters. The van der Waals surface area contributed by atoms with Gasteiger partial charge in [0.15, 0.2) is 16.7 Å². The number of hydrogen-bond acceptors (Lipinski definition) is 4. The van der Waals surface area contributed by atoms with Crippen molar-refractivity contribution in [2.45, 2.75) is 18.7 Å². The van der Waals surface area contributed by atoms with Crippen molar-refractivity contribution < 1.29 is 9.59 Å². The maximum atomic E-state index is 12.4. The van der Waals surface area contributed by atoms with Crippen LogP contribution >= 0.6 is 24.0 Å². The highest BCUT2D eigenvalue weighted by Crippen LogP contribution is 2.23. The van der Waals surface area contributed by atoms with Crippen molar-refractivity contribution in [1.82, 2.24) is 0 Å². The highest BCUT2D eigenvalue weighted by molar-refractivity contribution is 8.00. The lowest BCUT2D eigenvalue weighted by Crippen LogP contribution is -2.19. The van der Waals surface area contributed by atoms with E-state index in [-0.39, 0.29) is 11.6 Å². The van der Waals surface area contributed by atoms with Crippen LogP contribution in [0.3, 0.4) is 0 Å². The van der Waals surface area contributed by atoms with Crippen LogP contribution in [0.5, 0.6) is 0 Å². The van der Waals surface area contributed by atoms with Gasteiger partial charge in [0.2, 0.25) is 0 Å². The summed E-state index contributed by atoms with van der Waals surface area (Å²) >= 11 is 6.87. The van der Waals surface area contributed by atoms with Gasteiger partial charge in [-0.15, -0.1) is 11.8 Å². The Morgan fingerprint density at radius 1 is 0.867 bits per heavy atom. The largest absolute Gasteiger partial charge is 0.332 e. The molecule has 3 rings (SSSR count). The molecule has 4 nitrogen and oxygen atoms in total. The molecule has 0 saturated heterocycles. The van der Waals surface area contributed by atoms with Crippen LogP contribution in [0.25, 0.3) is 0 Å². The molecule has 0 aliphatic carbocycles. The second kappa shape index (κ2) is 10.2. The average molecular weight is 435 g/mol. The summed E-state index contributed by atoms with van der Waals surface area (Å²) in [6.07, 6.45) is 0. The van der Waals surface area contributed by atoms with Crippen molar-refractivity contribution in [3.8, 4) is 0 Å². The molecular weight excluding hydrogens is 412 g/mol. The number of hydrogen-bond donors (Lipinski definition) is 2. The van der Waals surface area contributed by atoms with E-state index in [2.05, 4.69) is 10.6 Å². The Morgan fingerprint density at radius 3 is 2.17 bits per heavy atom. The third-order valence-corrected chi connectivity index (χ3v) is 5.58. The molecule has 2 N–H and O–H groups in total. The summed E-state index contributed by atoms with van der Waals surface area (Å²) in [5.74, 6) is 0.500. The molecule has 0 amide bonds. The molecule has 0 aliphatic heterocycles. The van der Waals surface area contributed by atoms with E-state index in [1.165, 1.54) is 18.7 Å². The summed E-state index contributed by atoms with van der Waals surface area (Å²) in [6.45, 7) is 3.54. The van der Waals surface area contributed by atoms with Crippen LogP contribution in [0.1, 0.15) is 33.2 Å². The highest BCUT2D eigenvalue weighted by Gasteiger charge is 2.07. The van der Waals surface area contributed by atoms with Gasteiger partial charge in [0.1, 0.15) is 0 Å². The van der Waals surface area contributed by atoms with Gasteiger partial charge in [-0.2, -0.15) is 0 Å². The van der Waals surface area contributed by atoms with Gasteiger partial charge in [-0.1, -0.05) is 35.9 Å². The number of anilines is 2. The zero-order valence-electron chi connectivity index (χ0n) is 16.8. The van der Waals surface area contributed by atoms with Gasteiger partial charge in [-0.3, -0.25) is 9.59 Å². The third kappa shape index (κ3) is 6.27. The number of benzene rings is 3. The number of nitrogens with one attached hydrogen (secondary N) is 2. The van der Waals surface area contributed by atoms with Crippen LogP contribution in [0, 0.1) is 6.92 Å². The lowest BCUT2D eigenvalue weighted by Gasteiger charge is -2.12. The first-order valence-electron chi connectivity index (χ1n) is 9.42. The lowest BCUT2D eigenvalue weighted by atomic mass is 10.1. The minimum atomic E-state index is 0.0254. The SMILES string of the molecule is CC(=O)c1ccc(NC(=S)Nc2cccc(SCC(=O)c3ccc(C)cc3)c2)cc1. The number of Topliss-reactive ketones (excluding diaryl/α,β-unsaturated/α-hetero) is 2. The van der Waals surface area contributed by atoms with Gasteiger partial charge in [0.25, 0.3) is 0 Å². The standard InChI is InChI=1S/C24H22N2O2S2/c1-16-6-8-19(9-7-16)23(28)15-30-22-5-3-4-21(14-22)26-24(29)25-20-12-10-18(11-13-20)17(2)27/h3-14H,15H2,1-2H3,(H2,25,26,29). The number of thioether (sulfide) groups is 1. The first kappa shape index (κ1) is 21.7. The predicted octanol–water partition coefficient (Wildman–Crippen LogP) is 5.98. The zero-order valence-corrected chi connectivity index (χ0v) is 18.4. The molecule has 0 bridgehead atoms. The van der Waals surface area contributed by atoms with Crippen LogP contribution in [0.4, 0.5) is 11.4 Å². The zero-order chi connectivity index (χ0) is 21.5. The van der Waals surface area contributed by atoms with E-state index in [9.17, 15) is 9.59 Å². The lowest BCUT2D eigenvalue weighted by molar-refractivity contribution is 0.101. The summed E-state index contributed by atoms with van der Waals surface area (Å²) in [5.41, 5.74) is 4.15. The molecule has 0 atom stereocenters. The Morgan fingerprint density at radius 2 is 1.50 bits per heavy atom. The van der Waals surface area contributed by atoms with Gasteiger partial charge < -0.3 is 10.6 Å². The van der Waals surface area contributed by atoms with E-state index in [0.717, 1.165) is 27.4 Å². The maximum Gasteiger partial charge on any atom is 0.175 e. The van der Waals surface area contributed by atoms with Crippen LogP contribution in [0.15, 0.2) is 77.7 Å². The molecule has 30 heavy (non-hydrogen) atoms. The fourth-order valence-electron chi connectivity index (χ4n) is 2.72. The van der Waals surface area contributed by atoms with Crippen molar-refractivity contribution in [3.63, 3.8) is 0 Å². The summed E-state index contributed by atoms with van der Waals surface area (Å²) in [7, 11) is 0. The minimum absolute atomic E-state index is 0.0254. The Hall–Kier alpha value is -2.96. The molecule has 3 aromatic carbocycles. The van der Waals surface area contributed by atoms with Crippen molar-refractivity contribution in [1.29, 1.82) is 0 Å². The van der Waals surface area contributed by atoms with Crippen molar-refractivity contribution in [2.24, 2.45) is 0 Å². The average Bonchev–Trinajstić information content (AvgIpc) is 2.73. The smallest absolute Gasteiger partial charge is 0.175 e. The van der Waals surface area contributed by atoms with Crippen molar-refractivity contribution >= 4 is 52.0 Å². The molecule has 0 heterocycles. The van der Waals surface area contributed by atoms with Gasteiger partial charge in [0, 0.05) is 27.4 Å². The Bertz CT molecular complexity index is 1060. The quantitative estimate of drug-likeness (QED) is 0.271. The minimum Gasteiger partial charge on any atom is -0.332 e. The van der Waals surface area contributed by atoms with E-state index in [0.29, 0.717) is 16.4 Å². The van der Waals surface area contributed by atoms with Gasteiger partial charge in [-0.25, -0.2) is 0 Å². The summed E-state index contributed by atoms with van der Waals surface area (Å²) < 4.78 is 0. The Kier molecular flexibility index (Phi) is 7.38. The molecule has 3 aromatic rings. The number of aryl methyl sites for hydroxylation is 1. The Balaban J connectivity index is 1.55. The molecule has 0 aromatic heterocycles. The summed E-state index contributed by atoms with van der Waals surface area (Å²) in [5, 5.41) is 6.70. The normalized spacial score (nSPS) is 10.3. The molecular formula is C24H22N2O2S2. The van der Waals surface area contributed by atoms with Crippen LogP contribution in [-0.4, -0.2) is 22.4 Å². The number of carbonyl (C=O) groups is 2. The number of thiocarbonyl (C=S) groups is 1. The molecule has 0 aliphatic rings. The topological polar surface area (TPSA) is 58.2 Å². The van der Waals surface area contributed by atoms with Crippen LogP contribution in [-0.2, 0) is 0 Å². The molecule has 152 valence electrons. The fraction of sp³-hybridized carbons (Fsp3) is 0.125. The predicted molar refractivity (Wildman–Crippen MR) is 129 cm³/mol. The second-order valence-electron chi connectivity index (χ2n) is 6.82. The number of ketones is 2. The molecule has 0 spiro atoms. The van der Waals surface area contributed by atoms with Crippen molar-refractivity contribution in [2.75, 3.05) is 16.4 Å². The van der Waals surface area contributed by atoms with E-state index < -0.39 is 0 Å². The molecule has 0 fully saturated rings. The monoisotopic (exact) mass is 434 g/mol. The Labute approximate surface area is 186 Å². The van der Waals surface area contributed by atoms with Crippen molar-refractivity contribution in [3.05, 3.63) is 89.5 Å². The first-order valence-corrected chi connectivity index (χ1v) is 10.8. The van der Waals surface area contributed by atoms with E-state index in [1.54, 1.807) is 12.1 Å². The van der Waals surface area contributed by atoms with E-state index in [1.807, 2.05) is 67.6 Å². The van der Waals surface area contributed by atoms with Crippen LogP contribution < -0.4 is 10.6 Å². The van der Waals surface area contributed by atoms with Gasteiger partial charge in [-0.05, 0) is 68.5 Å². The molecule has 0 radical (unpaired) electrons. The maximum absolute atomic E-state index is 12.4. The van der Waals surface area contributed by atoms with E-state index >= 15 is 0 Å². The molecule has 0 saturated carbocycles. The van der Waals surface area contributed by atoms with Gasteiger partial charge >= 0.3 is 0 Å². The summed E-state index contributed by atoms with van der Waals surface area (Å²) in [6, 6.07) is 22.5.